The van der Waals surface area contributed by atoms with Gasteiger partial charge >= 0.3 is 5.97 Å². The molecule has 88 valence electrons. The third-order valence-electron chi connectivity index (χ3n) is 3.19. The molecule has 0 saturated carbocycles. The van der Waals surface area contributed by atoms with Gasteiger partial charge < -0.3 is 14.5 Å². The maximum atomic E-state index is 11.6. The third-order valence-corrected chi connectivity index (χ3v) is 3.19. The number of rotatable bonds is 1. The van der Waals surface area contributed by atoms with E-state index in [1.54, 1.807) is 0 Å². The van der Waals surface area contributed by atoms with Crippen molar-refractivity contribution in [3.63, 3.8) is 0 Å². The number of aromatic amines is 1. The van der Waals surface area contributed by atoms with Gasteiger partial charge in [-0.05, 0) is 24.1 Å². The lowest BCUT2D eigenvalue weighted by molar-refractivity contribution is -0.146. The molecule has 0 fully saturated rings. The van der Waals surface area contributed by atoms with Crippen molar-refractivity contribution < 1.29 is 14.3 Å². The van der Waals surface area contributed by atoms with Crippen molar-refractivity contribution in [1.82, 2.24) is 4.98 Å². The fourth-order valence-corrected chi connectivity index (χ4v) is 2.33. The van der Waals surface area contributed by atoms with Crippen LogP contribution >= 0.6 is 0 Å². The van der Waals surface area contributed by atoms with Gasteiger partial charge in [0, 0.05) is 17.1 Å². The first-order chi connectivity index (χ1) is 8.29. The molecule has 0 aliphatic carbocycles. The van der Waals surface area contributed by atoms with Crippen LogP contribution in [0.1, 0.15) is 5.56 Å². The van der Waals surface area contributed by atoms with Crippen molar-refractivity contribution >= 4 is 16.9 Å². The second-order valence-corrected chi connectivity index (χ2v) is 4.23. The molecule has 0 amide bonds. The molecule has 2 aromatic rings. The van der Waals surface area contributed by atoms with E-state index in [1.165, 1.54) is 7.11 Å². The van der Waals surface area contributed by atoms with Gasteiger partial charge in [0.2, 0.25) is 0 Å². The van der Waals surface area contributed by atoms with E-state index in [9.17, 15) is 4.79 Å². The Bertz CT molecular complexity index is 573. The summed E-state index contributed by atoms with van der Waals surface area (Å²) in [5.74, 6) is 0.392. The van der Waals surface area contributed by atoms with Crippen LogP contribution in [0.5, 0.6) is 5.75 Å². The van der Waals surface area contributed by atoms with Gasteiger partial charge in [-0.2, -0.15) is 0 Å². The number of H-pyrrole nitrogens is 1. The topological polar surface area (TPSA) is 51.3 Å². The first-order valence-corrected chi connectivity index (χ1v) is 5.59. The summed E-state index contributed by atoms with van der Waals surface area (Å²) in [5, 5.41) is 1.08. The quantitative estimate of drug-likeness (QED) is 0.762. The van der Waals surface area contributed by atoms with Gasteiger partial charge in [0.05, 0.1) is 13.0 Å². The molecule has 17 heavy (non-hydrogen) atoms. The van der Waals surface area contributed by atoms with Crippen LogP contribution in [0.25, 0.3) is 10.9 Å². The van der Waals surface area contributed by atoms with Crippen LogP contribution in [0, 0.1) is 5.92 Å². The van der Waals surface area contributed by atoms with Crippen LogP contribution in [0.2, 0.25) is 0 Å². The van der Waals surface area contributed by atoms with Gasteiger partial charge in [-0.1, -0.05) is 6.07 Å². The van der Waals surface area contributed by atoms with Crippen LogP contribution in [0.3, 0.4) is 0 Å². The van der Waals surface area contributed by atoms with Crippen LogP contribution in [-0.2, 0) is 16.0 Å². The molecule has 0 saturated heterocycles. The van der Waals surface area contributed by atoms with E-state index in [2.05, 4.69) is 4.98 Å². The van der Waals surface area contributed by atoms with Crippen molar-refractivity contribution in [2.45, 2.75) is 6.42 Å². The summed E-state index contributed by atoms with van der Waals surface area (Å²) >= 11 is 0. The van der Waals surface area contributed by atoms with Gasteiger partial charge in [-0.3, -0.25) is 4.79 Å². The van der Waals surface area contributed by atoms with Crippen LogP contribution in [0.4, 0.5) is 0 Å². The zero-order valence-electron chi connectivity index (χ0n) is 9.53. The van der Waals surface area contributed by atoms with Gasteiger partial charge in [0.1, 0.15) is 12.4 Å². The van der Waals surface area contributed by atoms with E-state index in [1.807, 2.05) is 24.4 Å². The number of nitrogens with one attached hydrogen (secondary N) is 1. The molecule has 1 aromatic carbocycles. The zero-order chi connectivity index (χ0) is 11.8. The summed E-state index contributed by atoms with van der Waals surface area (Å²) in [5.41, 5.74) is 2.16. The van der Waals surface area contributed by atoms with E-state index in [0.29, 0.717) is 13.0 Å². The molecule has 4 heteroatoms. The van der Waals surface area contributed by atoms with Crippen LogP contribution in [-0.4, -0.2) is 24.7 Å². The van der Waals surface area contributed by atoms with Crippen molar-refractivity contribution in [2.24, 2.45) is 5.92 Å². The SMILES string of the molecule is COC(=O)C1COc2cccc3[nH]cc(c23)C1. The number of carbonyl (C=O) groups excluding carboxylic acids is 1. The van der Waals surface area contributed by atoms with Crippen LogP contribution in [0.15, 0.2) is 24.4 Å². The highest BCUT2D eigenvalue weighted by Crippen LogP contribution is 2.33. The molecule has 0 bridgehead atoms. The average molecular weight is 231 g/mol. The monoisotopic (exact) mass is 231 g/mol. The predicted molar refractivity (Wildman–Crippen MR) is 63.0 cm³/mol. The predicted octanol–water partition coefficient (Wildman–Crippen LogP) is 1.89. The second kappa shape index (κ2) is 3.80. The average Bonchev–Trinajstić information content (AvgIpc) is 2.66. The maximum Gasteiger partial charge on any atom is 0.312 e. The Labute approximate surface area is 98.5 Å². The van der Waals surface area contributed by atoms with E-state index in [0.717, 1.165) is 22.2 Å². The molecule has 1 aliphatic heterocycles. The number of carbonyl (C=O) groups is 1. The number of hydrogen-bond donors (Lipinski definition) is 1. The lowest BCUT2D eigenvalue weighted by atomic mass is 10.0. The zero-order valence-corrected chi connectivity index (χ0v) is 9.53. The van der Waals surface area contributed by atoms with Gasteiger partial charge in [-0.15, -0.1) is 0 Å². The molecule has 1 aliphatic rings. The summed E-state index contributed by atoms with van der Waals surface area (Å²) in [6, 6.07) is 5.87. The van der Waals surface area contributed by atoms with Crippen molar-refractivity contribution in [2.75, 3.05) is 13.7 Å². The first kappa shape index (κ1) is 10.2. The minimum Gasteiger partial charge on any atom is -0.492 e. The highest BCUT2D eigenvalue weighted by molar-refractivity contribution is 5.90. The fraction of sp³-hybridized carbons (Fsp3) is 0.308. The molecule has 2 heterocycles. The normalized spacial score (nSPS) is 18.5. The summed E-state index contributed by atoms with van der Waals surface area (Å²) in [4.78, 5) is 14.8. The smallest absolute Gasteiger partial charge is 0.312 e. The van der Waals surface area contributed by atoms with Gasteiger partial charge in [0.15, 0.2) is 0 Å². The molecular formula is C13H13NO3. The Hall–Kier alpha value is -1.97. The molecule has 1 N–H and O–H groups in total. The Morgan fingerprint density at radius 3 is 3.24 bits per heavy atom. The third kappa shape index (κ3) is 1.56. The van der Waals surface area contributed by atoms with E-state index in [4.69, 9.17) is 9.47 Å². The fourth-order valence-electron chi connectivity index (χ4n) is 2.33. The van der Waals surface area contributed by atoms with E-state index < -0.39 is 0 Å². The summed E-state index contributed by atoms with van der Waals surface area (Å²) in [7, 11) is 1.41. The molecular weight excluding hydrogens is 218 g/mol. The number of ether oxygens (including phenoxy) is 2. The number of benzene rings is 1. The van der Waals surface area contributed by atoms with E-state index >= 15 is 0 Å². The number of hydrogen-bond acceptors (Lipinski definition) is 3. The lowest BCUT2D eigenvalue weighted by Gasteiger charge is -2.11. The minimum absolute atomic E-state index is 0.216. The van der Waals surface area contributed by atoms with Crippen molar-refractivity contribution in [1.29, 1.82) is 0 Å². The molecule has 1 unspecified atom stereocenters. The summed E-state index contributed by atoms with van der Waals surface area (Å²) in [6.45, 7) is 0.375. The number of esters is 1. The summed E-state index contributed by atoms with van der Waals surface area (Å²) in [6.07, 6.45) is 2.60. The van der Waals surface area contributed by atoms with Gasteiger partial charge in [-0.25, -0.2) is 0 Å². The van der Waals surface area contributed by atoms with Crippen molar-refractivity contribution in [3.8, 4) is 5.75 Å². The highest BCUT2D eigenvalue weighted by atomic mass is 16.5. The second-order valence-electron chi connectivity index (χ2n) is 4.23. The summed E-state index contributed by atoms with van der Waals surface area (Å²) < 4.78 is 10.5. The molecule has 4 nitrogen and oxygen atoms in total. The molecule has 3 rings (SSSR count). The van der Waals surface area contributed by atoms with Crippen molar-refractivity contribution in [3.05, 3.63) is 30.0 Å². The molecule has 0 radical (unpaired) electrons. The lowest BCUT2D eigenvalue weighted by Crippen LogP contribution is -2.24. The molecule has 0 spiro atoms. The van der Waals surface area contributed by atoms with E-state index in [-0.39, 0.29) is 11.9 Å². The molecule has 1 atom stereocenters. The Kier molecular flexibility index (Phi) is 2.28. The maximum absolute atomic E-state index is 11.6. The largest absolute Gasteiger partial charge is 0.492 e. The Balaban J connectivity index is 2.07. The van der Waals surface area contributed by atoms with Crippen LogP contribution < -0.4 is 4.74 Å². The number of methoxy groups -OCH3 is 1. The minimum atomic E-state index is -0.230. The standard InChI is InChI=1S/C13H13NO3/c1-16-13(15)9-5-8-6-14-10-3-2-4-11(12(8)10)17-7-9/h2-4,6,9,14H,5,7H2,1H3. The first-order valence-electron chi connectivity index (χ1n) is 5.59. The Morgan fingerprint density at radius 2 is 2.41 bits per heavy atom. The molecule has 1 aromatic heterocycles. The van der Waals surface area contributed by atoms with Gasteiger partial charge in [0.25, 0.3) is 0 Å². The Morgan fingerprint density at radius 1 is 1.53 bits per heavy atom. The highest BCUT2D eigenvalue weighted by Gasteiger charge is 2.26. The number of aromatic nitrogens is 1.